The summed E-state index contributed by atoms with van der Waals surface area (Å²) in [5.74, 6) is 0.0897. The molecule has 5 rings (SSSR count). The summed E-state index contributed by atoms with van der Waals surface area (Å²) in [6, 6.07) is 33.0. The maximum Gasteiger partial charge on any atom is 0.244 e. The number of carbonyl (C=O) groups is 1. The number of phenols is 1. The molecule has 0 aliphatic carbocycles. The molecule has 1 unspecified atom stereocenters. The summed E-state index contributed by atoms with van der Waals surface area (Å²) < 4.78 is 0. The van der Waals surface area contributed by atoms with E-state index in [2.05, 4.69) is 29.6 Å². The van der Waals surface area contributed by atoms with Gasteiger partial charge in [-0.2, -0.15) is 0 Å². The van der Waals surface area contributed by atoms with Crippen molar-refractivity contribution >= 4 is 11.6 Å². The first-order valence-corrected chi connectivity index (χ1v) is 9.56. The number of aromatic hydroxyl groups is 1. The van der Waals surface area contributed by atoms with Crippen LogP contribution in [0.1, 0.15) is 16.7 Å². The number of amides is 1. The van der Waals surface area contributed by atoms with Crippen molar-refractivity contribution in [3.63, 3.8) is 0 Å². The molecular weight excluding hydrogens is 358 g/mol. The Balaban J connectivity index is 1.72. The third kappa shape index (κ3) is 2.63. The van der Waals surface area contributed by atoms with E-state index in [1.54, 1.807) is 12.1 Å². The van der Waals surface area contributed by atoms with Crippen molar-refractivity contribution in [2.75, 3.05) is 5.32 Å². The molecule has 0 fully saturated rings. The van der Waals surface area contributed by atoms with E-state index >= 15 is 0 Å². The minimum absolute atomic E-state index is 0.0862. The molecule has 4 aromatic carbocycles. The third-order valence-electron chi connectivity index (χ3n) is 5.65. The van der Waals surface area contributed by atoms with Gasteiger partial charge in [0.25, 0.3) is 0 Å². The van der Waals surface area contributed by atoms with Crippen molar-refractivity contribution in [3.05, 3.63) is 120 Å². The van der Waals surface area contributed by atoms with Crippen molar-refractivity contribution in [3.8, 4) is 16.9 Å². The Bertz CT molecular complexity index is 1180. The molecule has 0 radical (unpaired) electrons. The van der Waals surface area contributed by atoms with Crippen molar-refractivity contribution in [2.24, 2.45) is 0 Å². The van der Waals surface area contributed by atoms with Gasteiger partial charge in [-0.1, -0.05) is 84.9 Å². The topological polar surface area (TPSA) is 49.3 Å². The Labute approximate surface area is 169 Å². The van der Waals surface area contributed by atoms with Crippen LogP contribution in [-0.4, -0.2) is 11.0 Å². The maximum absolute atomic E-state index is 13.4. The van der Waals surface area contributed by atoms with Crippen LogP contribution in [0.4, 0.5) is 5.69 Å². The fourth-order valence-corrected chi connectivity index (χ4v) is 4.25. The smallest absolute Gasteiger partial charge is 0.244 e. The molecule has 140 valence electrons. The Morgan fingerprint density at radius 1 is 0.621 bits per heavy atom. The first-order chi connectivity index (χ1) is 14.2. The number of benzene rings is 4. The van der Waals surface area contributed by atoms with Gasteiger partial charge in [-0.05, 0) is 40.5 Å². The number of hydrogen-bond acceptors (Lipinski definition) is 2. The highest BCUT2D eigenvalue weighted by molar-refractivity contribution is 6.11. The number of hydrogen-bond donors (Lipinski definition) is 2. The van der Waals surface area contributed by atoms with E-state index < -0.39 is 5.41 Å². The van der Waals surface area contributed by atoms with Crippen LogP contribution in [-0.2, 0) is 10.2 Å². The molecule has 0 spiro atoms. The van der Waals surface area contributed by atoms with Gasteiger partial charge in [0.15, 0.2) is 0 Å². The van der Waals surface area contributed by atoms with Gasteiger partial charge in [-0.15, -0.1) is 0 Å². The molecule has 1 atom stereocenters. The summed E-state index contributed by atoms with van der Waals surface area (Å²) in [6.45, 7) is 0. The first kappa shape index (κ1) is 17.3. The second kappa shape index (κ2) is 6.64. The molecule has 1 heterocycles. The minimum Gasteiger partial charge on any atom is -0.508 e. The molecule has 0 aromatic heterocycles. The fourth-order valence-electron chi connectivity index (χ4n) is 4.25. The summed E-state index contributed by atoms with van der Waals surface area (Å²) in [7, 11) is 0. The predicted molar refractivity (Wildman–Crippen MR) is 115 cm³/mol. The number of carbonyl (C=O) groups excluding carboxylic acids is 1. The fraction of sp³-hybridized carbons (Fsp3) is 0.0385. The molecule has 2 N–H and O–H groups in total. The van der Waals surface area contributed by atoms with E-state index in [0.29, 0.717) is 0 Å². The Hall–Kier alpha value is -3.85. The minimum atomic E-state index is -0.959. The molecule has 1 aliphatic heterocycles. The van der Waals surface area contributed by atoms with Crippen LogP contribution in [0.5, 0.6) is 5.75 Å². The van der Waals surface area contributed by atoms with Crippen LogP contribution >= 0.6 is 0 Å². The average molecular weight is 377 g/mol. The number of para-hydroxylation sites is 1. The molecule has 1 amide bonds. The first-order valence-electron chi connectivity index (χ1n) is 9.56. The highest BCUT2D eigenvalue weighted by atomic mass is 16.3. The van der Waals surface area contributed by atoms with E-state index in [0.717, 1.165) is 33.5 Å². The number of fused-ring (bicyclic) bond motifs is 1. The van der Waals surface area contributed by atoms with Gasteiger partial charge < -0.3 is 10.4 Å². The van der Waals surface area contributed by atoms with Gasteiger partial charge in [0.1, 0.15) is 11.2 Å². The lowest BCUT2D eigenvalue weighted by atomic mass is 9.70. The van der Waals surface area contributed by atoms with Crippen LogP contribution in [0.3, 0.4) is 0 Å². The zero-order chi connectivity index (χ0) is 19.8. The van der Waals surface area contributed by atoms with E-state index in [-0.39, 0.29) is 11.7 Å². The molecular formula is C26H19NO2. The Morgan fingerprint density at radius 3 is 1.86 bits per heavy atom. The Kier molecular flexibility index (Phi) is 3.95. The molecule has 3 heteroatoms. The quantitative estimate of drug-likeness (QED) is 0.506. The van der Waals surface area contributed by atoms with Crippen molar-refractivity contribution in [1.82, 2.24) is 0 Å². The van der Waals surface area contributed by atoms with Gasteiger partial charge in [-0.3, -0.25) is 4.79 Å². The molecule has 1 aliphatic rings. The number of anilines is 1. The molecule has 0 saturated heterocycles. The van der Waals surface area contributed by atoms with Gasteiger partial charge in [0.2, 0.25) is 5.91 Å². The summed E-state index contributed by atoms with van der Waals surface area (Å²) in [5, 5.41) is 12.8. The van der Waals surface area contributed by atoms with Gasteiger partial charge in [0, 0.05) is 11.3 Å². The number of phenolic OH excluding ortho intramolecular Hbond substituents is 1. The van der Waals surface area contributed by atoms with Gasteiger partial charge in [-0.25, -0.2) is 0 Å². The lowest BCUT2D eigenvalue weighted by molar-refractivity contribution is -0.118. The van der Waals surface area contributed by atoms with Crippen LogP contribution in [0.2, 0.25) is 0 Å². The zero-order valence-electron chi connectivity index (χ0n) is 15.7. The number of rotatable bonds is 3. The summed E-state index contributed by atoms with van der Waals surface area (Å²) in [6.07, 6.45) is 0. The van der Waals surface area contributed by atoms with E-state index in [9.17, 15) is 9.90 Å². The van der Waals surface area contributed by atoms with Gasteiger partial charge >= 0.3 is 0 Å². The third-order valence-corrected chi connectivity index (χ3v) is 5.65. The van der Waals surface area contributed by atoms with Crippen molar-refractivity contribution in [2.45, 2.75) is 5.41 Å². The second-order valence-electron chi connectivity index (χ2n) is 7.24. The highest BCUT2D eigenvalue weighted by Crippen LogP contribution is 2.48. The van der Waals surface area contributed by atoms with Crippen LogP contribution in [0.15, 0.2) is 103 Å². The molecule has 29 heavy (non-hydrogen) atoms. The highest BCUT2D eigenvalue weighted by Gasteiger charge is 2.49. The van der Waals surface area contributed by atoms with Gasteiger partial charge in [0.05, 0.1) is 0 Å². The molecule has 3 nitrogen and oxygen atoms in total. The average Bonchev–Trinajstić information content (AvgIpc) is 3.07. The normalized spacial score (nSPS) is 17.6. The summed E-state index contributed by atoms with van der Waals surface area (Å²) in [5.41, 5.74) is 4.73. The van der Waals surface area contributed by atoms with Crippen LogP contribution in [0, 0.1) is 0 Å². The largest absolute Gasteiger partial charge is 0.508 e. The SMILES string of the molecule is O=C1Nc2ccccc2C1(c1ccc(O)cc1)c1ccc(-c2ccccc2)cc1. The van der Waals surface area contributed by atoms with Crippen LogP contribution in [0.25, 0.3) is 11.1 Å². The monoisotopic (exact) mass is 377 g/mol. The maximum atomic E-state index is 13.4. The van der Waals surface area contributed by atoms with E-state index in [1.807, 2.05) is 66.7 Å². The summed E-state index contributed by atoms with van der Waals surface area (Å²) in [4.78, 5) is 13.4. The predicted octanol–water partition coefficient (Wildman–Crippen LogP) is 5.35. The summed E-state index contributed by atoms with van der Waals surface area (Å²) >= 11 is 0. The standard InChI is InChI=1S/C26H19NO2/c28-22-16-14-21(15-17-22)26(23-8-4-5-9-24(23)27-25(26)29)20-12-10-19(11-13-20)18-6-2-1-3-7-18/h1-17,28H,(H,27,29). The van der Waals surface area contributed by atoms with Crippen molar-refractivity contribution < 1.29 is 9.90 Å². The lowest BCUT2D eigenvalue weighted by Crippen LogP contribution is -2.36. The number of nitrogens with one attached hydrogen (secondary N) is 1. The Morgan fingerprint density at radius 2 is 1.17 bits per heavy atom. The van der Waals surface area contributed by atoms with E-state index in [4.69, 9.17) is 0 Å². The second-order valence-corrected chi connectivity index (χ2v) is 7.24. The zero-order valence-corrected chi connectivity index (χ0v) is 15.7. The molecule has 0 bridgehead atoms. The lowest BCUT2D eigenvalue weighted by Gasteiger charge is -2.29. The van der Waals surface area contributed by atoms with E-state index in [1.165, 1.54) is 0 Å². The van der Waals surface area contributed by atoms with Crippen molar-refractivity contribution in [1.29, 1.82) is 0 Å². The molecule has 0 saturated carbocycles. The van der Waals surface area contributed by atoms with Crippen LogP contribution < -0.4 is 5.32 Å². The molecule has 4 aromatic rings.